The van der Waals surface area contributed by atoms with E-state index in [1.54, 1.807) is 0 Å². The van der Waals surface area contributed by atoms with Gasteiger partial charge in [0.2, 0.25) is 0 Å². The van der Waals surface area contributed by atoms with Crippen LogP contribution >= 0.6 is 0 Å². The average molecular weight is 219 g/mol. The average Bonchev–Trinajstić information content (AvgIpc) is 2.69. The van der Waals surface area contributed by atoms with Crippen molar-refractivity contribution in [3.63, 3.8) is 0 Å². The number of nitrogens with zero attached hydrogens (tertiary/aromatic N) is 1. The molecule has 0 unspecified atom stereocenters. The normalized spacial score (nSPS) is 24.0. The summed E-state index contributed by atoms with van der Waals surface area (Å²) >= 11 is 0. The van der Waals surface area contributed by atoms with Crippen LogP contribution in [0, 0.1) is 0 Å². The molecular formula is C13H17NO2. The van der Waals surface area contributed by atoms with Gasteiger partial charge in [0.1, 0.15) is 11.8 Å². The van der Waals surface area contributed by atoms with E-state index in [-0.39, 0.29) is 6.10 Å². The van der Waals surface area contributed by atoms with Crippen LogP contribution < -0.4 is 0 Å². The first kappa shape index (κ1) is 11.1. The summed E-state index contributed by atoms with van der Waals surface area (Å²) in [4.78, 5) is 5.27. The third-order valence-corrected chi connectivity index (χ3v) is 2.83. The summed E-state index contributed by atoms with van der Waals surface area (Å²) in [6.45, 7) is 2.13. The highest BCUT2D eigenvalue weighted by molar-refractivity contribution is 6.04. The summed E-state index contributed by atoms with van der Waals surface area (Å²) < 4.78 is 0. The largest absolute Gasteiger partial charge is 0.389 e. The standard InChI is InChI=1S/C13H17NO2/c1-2-3-9-11-13(15)12(14-16-11)10-7-5-4-6-8-10/h4-8,11,13,15H,2-3,9H2,1H3/t11-,13-/m0/s1. The molecule has 0 aliphatic carbocycles. The fraction of sp³-hybridized carbons (Fsp3) is 0.462. The van der Waals surface area contributed by atoms with Gasteiger partial charge in [0.15, 0.2) is 6.10 Å². The fourth-order valence-electron chi connectivity index (χ4n) is 1.86. The third kappa shape index (κ3) is 2.25. The van der Waals surface area contributed by atoms with Gasteiger partial charge in [-0.2, -0.15) is 0 Å². The SMILES string of the molecule is CCCC[C@@H]1ON=C(c2ccccc2)[C@H]1O. The molecule has 1 aliphatic heterocycles. The van der Waals surface area contributed by atoms with Crippen LogP contribution in [-0.4, -0.2) is 23.0 Å². The van der Waals surface area contributed by atoms with Gasteiger partial charge in [-0.15, -0.1) is 0 Å². The maximum absolute atomic E-state index is 10.1. The fourth-order valence-corrected chi connectivity index (χ4v) is 1.86. The Labute approximate surface area is 95.7 Å². The molecule has 1 aromatic carbocycles. The van der Waals surface area contributed by atoms with Gasteiger partial charge in [-0.3, -0.25) is 0 Å². The van der Waals surface area contributed by atoms with E-state index in [9.17, 15) is 5.11 Å². The molecule has 16 heavy (non-hydrogen) atoms. The minimum atomic E-state index is -0.589. The molecule has 0 saturated carbocycles. The Morgan fingerprint density at radius 1 is 1.31 bits per heavy atom. The van der Waals surface area contributed by atoms with Gasteiger partial charge in [-0.05, 0) is 12.8 Å². The van der Waals surface area contributed by atoms with E-state index >= 15 is 0 Å². The topological polar surface area (TPSA) is 41.8 Å². The van der Waals surface area contributed by atoms with Gasteiger partial charge in [-0.1, -0.05) is 48.8 Å². The molecule has 0 fully saturated rings. The van der Waals surface area contributed by atoms with Gasteiger partial charge in [0, 0.05) is 5.56 Å². The molecule has 0 amide bonds. The number of aliphatic hydroxyl groups excluding tert-OH is 1. The number of hydrogen-bond donors (Lipinski definition) is 1. The maximum Gasteiger partial charge on any atom is 0.159 e. The van der Waals surface area contributed by atoms with Crippen LogP contribution in [0.2, 0.25) is 0 Å². The van der Waals surface area contributed by atoms with E-state index < -0.39 is 6.10 Å². The van der Waals surface area contributed by atoms with E-state index in [4.69, 9.17) is 4.84 Å². The van der Waals surface area contributed by atoms with Crippen molar-refractivity contribution in [2.24, 2.45) is 5.16 Å². The van der Waals surface area contributed by atoms with Crippen LogP contribution in [0.1, 0.15) is 31.7 Å². The Kier molecular flexibility index (Phi) is 3.57. The minimum absolute atomic E-state index is 0.171. The summed E-state index contributed by atoms with van der Waals surface area (Å²) in [5.41, 5.74) is 1.59. The molecule has 2 atom stereocenters. The summed E-state index contributed by atoms with van der Waals surface area (Å²) in [5, 5.41) is 14.1. The smallest absolute Gasteiger partial charge is 0.159 e. The minimum Gasteiger partial charge on any atom is -0.389 e. The van der Waals surface area contributed by atoms with Gasteiger partial charge in [0.05, 0.1) is 0 Å². The number of aliphatic hydroxyl groups is 1. The lowest BCUT2D eigenvalue weighted by Crippen LogP contribution is -2.29. The first-order chi connectivity index (χ1) is 7.83. The van der Waals surface area contributed by atoms with E-state index in [2.05, 4.69) is 12.1 Å². The quantitative estimate of drug-likeness (QED) is 0.844. The first-order valence-corrected chi connectivity index (χ1v) is 5.80. The number of oxime groups is 1. The van der Waals surface area contributed by atoms with Crippen LogP contribution in [0.5, 0.6) is 0 Å². The van der Waals surface area contributed by atoms with Crippen LogP contribution in [0.25, 0.3) is 0 Å². The molecule has 86 valence electrons. The summed E-state index contributed by atoms with van der Waals surface area (Å²) in [6, 6.07) is 9.69. The lowest BCUT2D eigenvalue weighted by Gasteiger charge is -2.12. The predicted molar refractivity (Wildman–Crippen MR) is 63.4 cm³/mol. The van der Waals surface area contributed by atoms with Crippen molar-refractivity contribution < 1.29 is 9.94 Å². The Morgan fingerprint density at radius 2 is 2.06 bits per heavy atom. The highest BCUT2D eigenvalue weighted by Gasteiger charge is 2.32. The van der Waals surface area contributed by atoms with Gasteiger partial charge < -0.3 is 9.94 Å². The molecule has 1 aliphatic rings. The molecule has 0 bridgehead atoms. The number of rotatable bonds is 4. The summed E-state index contributed by atoms with van der Waals surface area (Å²) in [7, 11) is 0. The summed E-state index contributed by atoms with van der Waals surface area (Å²) in [6.07, 6.45) is 2.26. The molecule has 1 heterocycles. The van der Waals surface area contributed by atoms with Crippen LogP contribution in [0.3, 0.4) is 0 Å². The highest BCUT2D eigenvalue weighted by Crippen LogP contribution is 2.21. The molecule has 0 aromatic heterocycles. The Balaban J connectivity index is 2.04. The van der Waals surface area contributed by atoms with Crippen molar-refractivity contribution in [2.75, 3.05) is 0 Å². The first-order valence-electron chi connectivity index (χ1n) is 5.80. The number of unbranched alkanes of at least 4 members (excludes halogenated alkanes) is 1. The summed E-state index contributed by atoms with van der Waals surface area (Å²) in [5.74, 6) is 0. The Bertz CT molecular complexity index is 361. The zero-order valence-electron chi connectivity index (χ0n) is 9.47. The van der Waals surface area contributed by atoms with E-state index in [0.29, 0.717) is 5.71 Å². The molecule has 3 nitrogen and oxygen atoms in total. The lowest BCUT2D eigenvalue weighted by molar-refractivity contribution is 0.0153. The zero-order chi connectivity index (χ0) is 11.4. The van der Waals surface area contributed by atoms with Crippen molar-refractivity contribution in [2.45, 2.75) is 38.4 Å². The maximum atomic E-state index is 10.1. The third-order valence-electron chi connectivity index (χ3n) is 2.83. The van der Waals surface area contributed by atoms with Crippen LogP contribution in [-0.2, 0) is 4.84 Å². The van der Waals surface area contributed by atoms with Crippen molar-refractivity contribution in [3.8, 4) is 0 Å². The monoisotopic (exact) mass is 219 g/mol. The van der Waals surface area contributed by atoms with Crippen molar-refractivity contribution in [1.29, 1.82) is 0 Å². The van der Waals surface area contributed by atoms with Gasteiger partial charge >= 0.3 is 0 Å². The molecule has 2 rings (SSSR count). The second-order valence-electron chi connectivity index (χ2n) is 4.07. The zero-order valence-corrected chi connectivity index (χ0v) is 9.47. The lowest BCUT2D eigenvalue weighted by atomic mass is 9.99. The van der Waals surface area contributed by atoms with Crippen molar-refractivity contribution in [3.05, 3.63) is 35.9 Å². The van der Waals surface area contributed by atoms with Crippen molar-refractivity contribution in [1.82, 2.24) is 0 Å². The van der Waals surface area contributed by atoms with Crippen LogP contribution in [0.4, 0.5) is 0 Å². The van der Waals surface area contributed by atoms with Crippen LogP contribution in [0.15, 0.2) is 35.5 Å². The Morgan fingerprint density at radius 3 is 2.75 bits per heavy atom. The number of benzene rings is 1. The predicted octanol–water partition coefficient (Wildman–Crippen LogP) is 2.34. The molecule has 3 heteroatoms. The molecule has 1 aromatic rings. The molecule has 0 saturated heterocycles. The molecule has 0 spiro atoms. The second-order valence-corrected chi connectivity index (χ2v) is 4.07. The molecular weight excluding hydrogens is 202 g/mol. The van der Waals surface area contributed by atoms with E-state index in [1.807, 2.05) is 30.3 Å². The van der Waals surface area contributed by atoms with E-state index in [1.165, 1.54) is 0 Å². The molecule has 0 radical (unpaired) electrons. The molecule has 1 N–H and O–H groups in total. The van der Waals surface area contributed by atoms with Gasteiger partial charge in [0.25, 0.3) is 0 Å². The number of hydrogen-bond acceptors (Lipinski definition) is 3. The second kappa shape index (κ2) is 5.12. The highest BCUT2D eigenvalue weighted by atomic mass is 16.7. The Hall–Kier alpha value is -1.35. The van der Waals surface area contributed by atoms with E-state index in [0.717, 1.165) is 24.8 Å². The van der Waals surface area contributed by atoms with Gasteiger partial charge in [-0.25, -0.2) is 0 Å². The van der Waals surface area contributed by atoms with Crippen molar-refractivity contribution >= 4 is 5.71 Å².